The highest BCUT2D eigenvalue weighted by atomic mass is 16.5. The predicted octanol–water partition coefficient (Wildman–Crippen LogP) is 0.892. The first kappa shape index (κ1) is 10.7. The van der Waals surface area contributed by atoms with Gasteiger partial charge in [0.05, 0.1) is 11.8 Å². The standard InChI is InChI=1S/C10H14N4O2/c11-9(14-15)8-5-6-12-13-10(8)16-7-3-1-2-4-7/h5-7,15H,1-4H2,(H2,11,14). The van der Waals surface area contributed by atoms with Gasteiger partial charge in [0.15, 0.2) is 5.84 Å². The van der Waals surface area contributed by atoms with Gasteiger partial charge in [0.25, 0.3) is 0 Å². The van der Waals surface area contributed by atoms with E-state index >= 15 is 0 Å². The molecule has 1 aromatic heterocycles. The molecule has 3 N–H and O–H groups in total. The topological polar surface area (TPSA) is 93.6 Å². The van der Waals surface area contributed by atoms with Crippen LogP contribution in [-0.4, -0.2) is 27.3 Å². The second-order valence-electron chi connectivity index (χ2n) is 3.76. The van der Waals surface area contributed by atoms with Crippen LogP contribution in [0.3, 0.4) is 0 Å². The average Bonchev–Trinajstić information content (AvgIpc) is 2.82. The molecule has 0 unspecified atom stereocenters. The SMILES string of the molecule is N/C(=N/O)c1ccnnc1OC1CCCC1. The summed E-state index contributed by atoms with van der Waals surface area (Å²) in [6.45, 7) is 0. The van der Waals surface area contributed by atoms with Crippen molar-refractivity contribution in [3.63, 3.8) is 0 Å². The van der Waals surface area contributed by atoms with Gasteiger partial charge >= 0.3 is 0 Å². The molecule has 1 saturated carbocycles. The molecule has 0 atom stereocenters. The zero-order valence-corrected chi connectivity index (χ0v) is 8.83. The maximum Gasteiger partial charge on any atom is 0.244 e. The molecule has 1 heterocycles. The van der Waals surface area contributed by atoms with Gasteiger partial charge in [-0.15, -0.1) is 5.10 Å². The molecule has 6 heteroatoms. The van der Waals surface area contributed by atoms with Crippen molar-refractivity contribution in [2.24, 2.45) is 10.9 Å². The van der Waals surface area contributed by atoms with E-state index in [4.69, 9.17) is 15.7 Å². The Bertz CT molecular complexity index is 388. The molecule has 0 saturated heterocycles. The van der Waals surface area contributed by atoms with E-state index in [9.17, 15) is 0 Å². The highest BCUT2D eigenvalue weighted by Gasteiger charge is 2.19. The van der Waals surface area contributed by atoms with Gasteiger partial charge in [0.2, 0.25) is 5.88 Å². The van der Waals surface area contributed by atoms with Crippen molar-refractivity contribution in [3.8, 4) is 5.88 Å². The lowest BCUT2D eigenvalue weighted by Crippen LogP contribution is -2.19. The van der Waals surface area contributed by atoms with Gasteiger partial charge < -0.3 is 15.7 Å². The zero-order valence-electron chi connectivity index (χ0n) is 8.83. The molecule has 0 aromatic carbocycles. The van der Waals surface area contributed by atoms with Crippen molar-refractivity contribution < 1.29 is 9.94 Å². The Hall–Kier alpha value is -1.85. The molecule has 6 nitrogen and oxygen atoms in total. The fourth-order valence-electron chi connectivity index (χ4n) is 1.82. The van der Waals surface area contributed by atoms with E-state index in [0.717, 1.165) is 12.8 Å². The maximum atomic E-state index is 8.63. The van der Waals surface area contributed by atoms with E-state index in [1.54, 1.807) is 6.07 Å². The molecule has 0 radical (unpaired) electrons. The summed E-state index contributed by atoms with van der Waals surface area (Å²) in [6, 6.07) is 1.62. The molecule has 1 fully saturated rings. The minimum absolute atomic E-state index is 0.0112. The van der Waals surface area contributed by atoms with Crippen molar-refractivity contribution in [2.75, 3.05) is 0 Å². The second kappa shape index (κ2) is 4.78. The van der Waals surface area contributed by atoms with E-state index in [-0.39, 0.29) is 11.9 Å². The average molecular weight is 222 g/mol. The molecule has 1 aliphatic rings. The predicted molar refractivity (Wildman–Crippen MR) is 57.4 cm³/mol. The first-order valence-corrected chi connectivity index (χ1v) is 5.27. The number of nitrogens with two attached hydrogens (primary N) is 1. The molecule has 0 amide bonds. The number of ether oxygens (including phenoxy) is 1. The molecule has 16 heavy (non-hydrogen) atoms. The Morgan fingerprint density at radius 1 is 1.50 bits per heavy atom. The van der Waals surface area contributed by atoms with Crippen LogP contribution >= 0.6 is 0 Å². The third-order valence-corrected chi connectivity index (χ3v) is 2.65. The van der Waals surface area contributed by atoms with Crippen LogP contribution in [0, 0.1) is 0 Å². The molecule has 2 rings (SSSR count). The lowest BCUT2D eigenvalue weighted by molar-refractivity contribution is 0.198. The van der Waals surface area contributed by atoms with Crippen molar-refractivity contribution in [3.05, 3.63) is 17.8 Å². The summed E-state index contributed by atoms with van der Waals surface area (Å²) in [4.78, 5) is 0. The van der Waals surface area contributed by atoms with E-state index in [2.05, 4.69) is 15.4 Å². The zero-order chi connectivity index (χ0) is 11.4. The van der Waals surface area contributed by atoms with Crippen LogP contribution in [0.2, 0.25) is 0 Å². The number of rotatable bonds is 3. The normalized spacial score (nSPS) is 17.6. The molecule has 1 aromatic rings. The number of amidine groups is 1. The Morgan fingerprint density at radius 3 is 2.94 bits per heavy atom. The quantitative estimate of drug-likeness (QED) is 0.343. The van der Waals surface area contributed by atoms with Crippen LogP contribution in [0.1, 0.15) is 31.2 Å². The minimum atomic E-state index is -0.0112. The molecular weight excluding hydrogens is 208 g/mol. The summed E-state index contributed by atoms with van der Waals surface area (Å²) in [5.41, 5.74) is 6.00. The summed E-state index contributed by atoms with van der Waals surface area (Å²) in [7, 11) is 0. The Morgan fingerprint density at radius 2 is 2.25 bits per heavy atom. The van der Waals surface area contributed by atoms with Gasteiger partial charge in [-0.3, -0.25) is 0 Å². The van der Waals surface area contributed by atoms with Crippen LogP contribution in [0.25, 0.3) is 0 Å². The molecule has 0 bridgehead atoms. The van der Waals surface area contributed by atoms with E-state index in [1.807, 2.05) is 0 Å². The van der Waals surface area contributed by atoms with E-state index < -0.39 is 0 Å². The Kier molecular flexibility index (Phi) is 3.19. The second-order valence-corrected chi connectivity index (χ2v) is 3.76. The maximum absolute atomic E-state index is 8.63. The van der Waals surface area contributed by atoms with E-state index in [1.165, 1.54) is 19.0 Å². The van der Waals surface area contributed by atoms with Crippen molar-refractivity contribution >= 4 is 5.84 Å². The van der Waals surface area contributed by atoms with Gasteiger partial charge in [-0.1, -0.05) is 5.16 Å². The number of hydrogen-bond acceptors (Lipinski definition) is 5. The summed E-state index contributed by atoms with van der Waals surface area (Å²) < 4.78 is 5.68. The first-order chi connectivity index (χ1) is 7.81. The number of nitrogens with zero attached hydrogens (tertiary/aromatic N) is 3. The fraction of sp³-hybridized carbons (Fsp3) is 0.500. The summed E-state index contributed by atoms with van der Waals surface area (Å²) in [5, 5.41) is 19.2. The van der Waals surface area contributed by atoms with Crippen LogP contribution < -0.4 is 10.5 Å². The van der Waals surface area contributed by atoms with Gasteiger partial charge in [-0.2, -0.15) is 5.10 Å². The first-order valence-electron chi connectivity index (χ1n) is 5.27. The smallest absolute Gasteiger partial charge is 0.244 e. The lowest BCUT2D eigenvalue weighted by Gasteiger charge is -2.13. The Balaban J connectivity index is 2.19. The summed E-state index contributed by atoms with van der Waals surface area (Å²) in [6.07, 6.45) is 6.03. The minimum Gasteiger partial charge on any atom is -0.473 e. The van der Waals surface area contributed by atoms with Crippen molar-refractivity contribution in [2.45, 2.75) is 31.8 Å². The van der Waals surface area contributed by atoms with E-state index in [0.29, 0.717) is 11.4 Å². The monoisotopic (exact) mass is 222 g/mol. The van der Waals surface area contributed by atoms with Crippen LogP contribution in [0.4, 0.5) is 0 Å². The van der Waals surface area contributed by atoms with Crippen LogP contribution in [0.5, 0.6) is 5.88 Å². The highest BCUT2D eigenvalue weighted by Crippen LogP contribution is 2.24. The summed E-state index contributed by atoms with van der Waals surface area (Å²) in [5.74, 6) is 0.326. The number of oxime groups is 1. The van der Waals surface area contributed by atoms with Gasteiger partial charge in [0, 0.05) is 0 Å². The largest absolute Gasteiger partial charge is 0.473 e. The summed E-state index contributed by atoms with van der Waals surface area (Å²) >= 11 is 0. The van der Waals surface area contributed by atoms with Gasteiger partial charge in [-0.25, -0.2) is 0 Å². The van der Waals surface area contributed by atoms with Crippen LogP contribution in [-0.2, 0) is 0 Å². The molecule has 1 aliphatic carbocycles. The lowest BCUT2D eigenvalue weighted by atomic mass is 10.2. The molecule has 0 aliphatic heterocycles. The van der Waals surface area contributed by atoms with Crippen molar-refractivity contribution in [1.29, 1.82) is 0 Å². The highest BCUT2D eigenvalue weighted by molar-refractivity contribution is 5.98. The van der Waals surface area contributed by atoms with Crippen LogP contribution in [0.15, 0.2) is 17.4 Å². The molecular formula is C10H14N4O2. The van der Waals surface area contributed by atoms with Gasteiger partial charge in [-0.05, 0) is 31.7 Å². The number of aromatic nitrogens is 2. The molecule has 86 valence electrons. The van der Waals surface area contributed by atoms with Crippen molar-refractivity contribution in [1.82, 2.24) is 10.2 Å². The Labute approximate surface area is 93.1 Å². The fourth-order valence-corrected chi connectivity index (χ4v) is 1.82. The number of hydrogen-bond donors (Lipinski definition) is 2. The third-order valence-electron chi connectivity index (χ3n) is 2.65. The van der Waals surface area contributed by atoms with Gasteiger partial charge in [0.1, 0.15) is 6.10 Å². The third kappa shape index (κ3) is 2.21. The molecule has 0 spiro atoms.